The van der Waals surface area contributed by atoms with Crippen LogP contribution in [0.4, 0.5) is 0 Å². The minimum absolute atomic E-state index is 0.359. The fourth-order valence-corrected chi connectivity index (χ4v) is 4.64. The van der Waals surface area contributed by atoms with Gasteiger partial charge < -0.3 is 5.32 Å². The Morgan fingerprint density at radius 2 is 1.61 bits per heavy atom. The molecular formula is C13H26N2O2S. The number of piperidine rings is 1. The van der Waals surface area contributed by atoms with E-state index in [2.05, 4.69) is 5.32 Å². The van der Waals surface area contributed by atoms with Crippen molar-refractivity contribution in [3.8, 4) is 0 Å². The van der Waals surface area contributed by atoms with Crippen molar-refractivity contribution in [2.24, 2.45) is 5.92 Å². The molecule has 4 nitrogen and oxygen atoms in total. The first-order valence-electron chi connectivity index (χ1n) is 7.37. The summed E-state index contributed by atoms with van der Waals surface area (Å²) in [5, 5.41) is 3.32. The highest BCUT2D eigenvalue weighted by Crippen LogP contribution is 2.19. The predicted octanol–water partition coefficient (Wildman–Crippen LogP) is 1.58. The number of hydrogen-bond donors (Lipinski definition) is 1. The molecule has 5 heteroatoms. The van der Waals surface area contributed by atoms with Gasteiger partial charge in [-0.3, -0.25) is 0 Å². The summed E-state index contributed by atoms with van der Waals surface area (Å²) in [6.07, 6.45) is 7.55. The molecule has 18 heavy (non-hydrogen) atoms. The van der Waals surface area contributed by atoms with E-state index >= 15 is 0 Å². The maximum Gasteiger partial charge on any atom is 0.214 e. The van der Waals surface area contributed by atoms with E-state index in [9.17, 15) is 8.42 Å². The van der Waals surface area contributed by atoms with Gasteiger partial charge in [-0.2, -0.15) is 0 Å². The van der Waals surface area contributed by atoms with E-state index in [0.29, 0.717) is 11.7 Å². The smallest absolute Gasteiger partial charge is 0.214 e. The molecule has 0 amide bonds. The van der Waals surface area contributed by atoms with Gasteiger partial charge in [0.05, 0.1) is 5.75 Å². The highest BCUT2D eigenvalue weighted by molar-refractivity contribution is 7.89. The minimum atomic E-state index is -2.99. The third kappa shape index (κ3) is 4.21. The Balaban J connectivity index is 1.81. The Morgan fingerprint density at radius 1 is 1.00 bits per heavy atom. The maximum atomic E-state index is 12.3. The van der Waals surface area contributed by atoms with E-state index in [0.717, 1.165) is 58.3 Å². The lowest BCUT2D eigenvalue weighted by atomic mass is 9.96. The normalized spacial score (nSPS) is 24.9. The molecule has 0 aromatic carbocycles. The molecule has 1 N–H and O–H groups in total. The molecule has 2 fully saturated rings. The standard InChI is InChI=1S/C13H26N2O2S/c16-18(17,15-10-3-1-2-4-11-15)12-7-13-5-8-14-9-6-13/h13-14H,1-12H2. The van der Waals surface area contributed by atoms with Gasteiger partial charge in [0.2, 0.25) is 10.0 Å². The number of nitrogens with one attached hydrogen (secondary N) is 1. The Morgan fingerprint density at radius 3 is 2.22 bits per heavy atom. The molecule has 2 saturated heterocycles. The highest BCUT2D eigenvalue weighted by Gasteiger charge is 2.24. The molecular weight excluding hydrogens is 248 g/mol. The minimum Gasteiger partial charge on any atom is -0.317 e. The monoisotopic (exact) mass is 274 g/mol. The van der Waals surface area contributed by atoms with Crippen molar-refractivity contribution >= 4 is 10.0 Å². The summed E-state index contributed by atoms with van der Waals surface area (Å²) in [7, 11) is -2.99. The first kappa shape index (κ1) is 14.3. The van der Waals surface area contributed by atoms with Gasteiger partial charge in [0.15, 0.2) is 0 Å². The first-order chi connectivity index (χ1) is 8.68. The zero-order valence-corrected chi connectivity index (χ0v) is 12.1. The summed E-state index contributed by atoms with van der Waals surface area (Å²) in [6, 6.07) is 0. The van der Waals surface area contributed by atoms with Crippen LogP contribution >= 0.6 is 0 Å². The van der Waals surface area contributed by atoms with Gasteiger partial charge in [0.25, 0.3) is 0 Å². The molecule has 2 aliphatic heterocycles. The second-order valence-electron chi connectivity index (χ2n) is 5.61. The molecule has 0 radical (unpaired) electrons. The Kier molecular flexibility index (Phi) is 5.45. The van der Waals surface area contributed by atoms with E-state index in [1.165, 1.54) is 12.8 Å². The zero-order chi connectivity index (χ0) is 12.8. The third-order valence-electron chi connectivity index (χ3n) is 4.20. The van der Waals surface area contributed by atoms with E-state index in [4.69, 9.17) is 0 Å². The third-order valence-corrected chi connectivity index (χ3v) is 6.10. The predicted molar refractivity (Wildman–Crippen MR) is 74.0 cm³/mol. The number of sulfonamides is 1. The average Bonchev–Trinajstić information content (AvgIpc) is 2.67. The topological polar surface area (TPSA) is 49.4 Å². The summed E-state index contributed by atoms with van der Waals surface area (Å²) >= 11 is 0. The Hall–Kier alpha value is -0.130. The molecule has 2 heterocycles. The fourth-order valence-electron chi connectivity index (χ4n) is 2.93. The molecule has 0 aromatic heterocycles. The highest BCUT2D eigenvalue weighted by atomic mass is 32.2. The molecule has 0 aliphatic carbocycles. The van der Waals surface area contributed by atoms with Gasteiger partial charge in [0.1, 0.15) is 0 Å². The number of rotatable bonds is 4. The van der Waals surface area contributed by atoms with Crippen LogP contribution in [0.15, 0.2) is 0 Å². The zero-order valence-electron chi connectivity index (χ0n) is 11.2. The lowest BCUT2D eigenvalue weighted by Crippen LogP contribution is -2.35. The molecule has 0 aromatic rings. The summed E-state index contributed by atoms with van der Waals surface area (Å²) in [4.78, 5) is 0. The van der Waals surface area contributed by atoms with Crippen molar-refractivity contribution in [2.45, 2.75) is 44.9 Å². The van der Waals surface area contributed by atoms with Crippen LogP contribution in [0.25, 0.3) is 0 Å². The summed E-state index contributed by atoms with van der Waals surface area (Å²) in [6.45, 7) is 3.59. The van der Waals surface area contributed by atoms with Crippen molar-refractivity contribution in [2.75, 3.05) is 31.9 Å². The summed E-state index contributed by atoms with van der Waals surface area (Å²) in [5.41, 5.74) is 0. The summed E-state index contributed by atoms with van der Waals surface area (Å²) in [5.74, 6) is 0.963. The lowest BCUT2D eigenvalue weighted by molar-refractivity contribution is 0.359. The largest absolute Gasteiger partial charge is 0.317 e. The van der Waals surface area contributed by atoms with Crippen LogP contribution in [0.5, 0.6) is 0 Å². The molecule has 0 atom stereocenters. The molecule has 0 spiro atoms. The Bertz CT molecular complexity index is 329. The molecule has 0 saturated carbocycles. The molecule has 2 rings (SSSR count). The quantitative estimate of drug-likeness (QED) is 0.847. The maximum absolute atomic E-state index is 12.3. The van der Waals surface area contributed by atoms with Gasteiger partial charge in [0, 0.05) is 13.1 Å². The van der Waals surface area contributed by atoms with Crippen LogP contribution in [0.1, 0.15) is 44.9 Å². The van der Waals surface area contributed by atoms with Crippen LogP contribution in [-0.2, 0) is 10.0 Å². The molecule has 0 bridgehead atoms. The number of nitrogens with zero attached hydrogens (tertiary/aromatic N) is 1. The molecule has 106 valence electrons. The second kappa shape index (κ2) is 6.87. The van der Waals surface area contributed by atoms with Gasteiger partial charge in [-0.05, 0) is 51.1 Å². The van der Waals surface area contributed by atoms with Gasteiger partial charge in [-0.15, -0.1) is 0 Å². The van der Waals surface area contributed by atoms with Crippen molar-refractivity contribution in [3.05, 3.63) is 0 Å². The van der Waals surface area contributed by atoms with E-state index in [1.807, 2.05) is 0 Å². The fraction of sp³-hybridized carbons (Fsp3) is 1.00. The van der Waals surface area contributed by atoms with Crippen LogP contribution < -0.4 is 5.32 Å². The van der Waals surface area contributed by atoms with Gasteiger partial charge in [-0.25, -0.2) is 12.7 Å². The number of hydrogen-bond acceptors (Lipinski definition) is 3. The van der Waals surface area contributed by atoms with E-state index < -0.39 is 10.0 Å². The van der Waals surface area contributed by atoms with Crippen molar-refractivity contribution in [1.29, 1.82) is 0 Å². The summed E-state index contributed by atoms with van der Waals surface area (Å²) < 4.78 is 26.3. The molecule has 2 aliphatic rings. The van der Waals surface area contributed by atoms with Crippen molar-refractivity contribution in [1.82, 2.24) is 9.62 Å². The van der Waals surface area contributed by atoms with Crippen molar-refractivity contribution in [3.63, 3.8) is 0 Å². The SMILES string of the molecule is O=S(=O)(CCC1CCNCC1)N1CCCCCC1. The lowest BCUT2D eigenvalue weighted by Gasteiger charge is -2.24. The van der Waals surface area contributed by atoms with Crippen LogP contribution in [0.2, 0.25) is 0 Å². The van der Waals surface area contributed by atoms with Crippen LogP contribution in [0.3, 0.4) is 0 Å². The first-order valence-corrected chi connectivity index (χ1v) is 8.98. The van der Waals surface area contributed by atoms with Gasteiger partial charge >= 0.3 is 0 Å². The molecule has 0 unspecified atom stereocenters. The van der Waals surface area contributed by atoms with Gasteiger partial charge in [-0.1, -0.05) is 12.8 Å². The van der Waals surface area contributed by atoms with E-state index in [1.54, 1.807) is 4.31 Å². The van der Waals surface area contributed by atoms with Crippen LogP contribution in [-0.4, -0.2) is 44.7 Å². The van der Waals surface area contributed by atoms with E-state index in [-0.39, 0.29) is 0 Å². The van der Waals surface area contributed by atoms with Crippen molar-refractivity contribution < 1.29 is 8.42 Å². The average molecular weight is 274 g/mol. The Labute approximate surface area is 111 Å². The van der Waals surface area contributed by atoms with Crippen LogP contribution in [0, 0.1) is 5.92 Å². The second-order valence-corrected chi connectivity index (χ2v) is 7.70.